The SMILES string of the molecule is [B][N+]1=CC=CC1=C(CCN)c1[nH]c(/C=C/c2ccc(OC)c(OC)c2)cc1C. The third-order valence-electron chi connectivity index (χ3n) is 4.68. The molecule has 2 radical (unpaired) electrons. The third-order valence-corrected chi connectivity index (χ3v) is 4.68. The van der Waals surface area contributed by atoms with Gasteiger partial charge in [0.15, 0.2) is 17.2 Å². The van der Waals surface area contributed by atoms with Crippen LogP contribution in [0.1, 0.15) is 28.9 Å². The zero-order chi connectivity index (χ0) is 20.1. The predicted molar refractivity (Wildman–Crippen MR) is 116 cm³/mol. The van der Waals surface area contributed by atoms with Gasteiger partial charge in [0, 0.05) is 23.4 Å². The number of aromatic amines is 1. The van der Waals surface area contributed by atoms with Gasteiger partial charge in [-0.05, 0) is 55.3 Å². The van der Waals surface area contributed by atoms with Gasteiger partial charge in [-0.3, -0.25) is 4.49 Å². The fourth-order valence-corrected chi connectivity index (χ4v) is 3.31. The van der Waals surface area contributed by atoms with E-state index in [4.69, 9.17) is 23.2 Å². The molecule has 2 heterocycles. The van der Waals surface area contributed by atoms with Gasteiger partial charge in [0.05, 0.1) is 19.9 Å². The largest absolute Gasteiger partial charge is 0.586 e. The minimum Gasteiger partial charge on any atom is -0.493 e. The first-order valence-corrected chi connectivity index (χ1v) is 9.16. The lowest BCUT2D eigenvalue weighted by atomic mass is 10.0. The van der Waals surface area contributed by atoms with Gasteiger partial charge in [0.25, 0.3) is 0 Å². The van der Waals surface area contributed by atoms with E-state index in [1.165, 1.54) is 0 Å². The summed E-state index contributed by atoms with van der Waals surface area (Å²) in [6, 6.07) is 7.94. The number of ether oxygens (including phenoxy) is 2. The summed E-state index contributed by atoms with van der Waals surface area (Å²) >= 11 is 0. The molecule has 0 unspecified atom stereocenters. The van der Waals surface area contributed by atoms with Crippen LogP contribution < -0.4 is 15.2 Å². The van der Waals surface area contributed by atoms with Crippen molar-refractivity contribution in [2.75, 3.05) is 20.8 Å². The van der Waals surface area contributed by atoms with Gasteiger partial charge in [-0.25, -0.2) is 0 Å². The van der Waals surface area contributed by atoms with Crippen molar-refractivity contribution in [3.05, 3.63) is 64.6 Å². The van der Waals surface area contributed by atoms with Crippen molar-refractivity contribution in [2.24, 2.45) is 5.73 Å². The molecule has 1 aliphatic rings. The number of allylic oxidation sites excluding steroid dienone is 2. The van der Waals surface area contributed by atoms with Gasteiger partial charge >= 0.3 is 7.98 Å². The summed E-state index contributed by atoms with van der Waals surface area (Å²) < 4.78 is 12.3. The van der Waals surface area contributed by atoms with Crippen LogP contribution >= 0.6 is 0 Å². The molecule has 3 rings (SSSR count). The second kappa shape index (κ2) is 8.80. The molecule has 28 heavy (non-hydrogen) atoms. The number of nitrogens with one attached hydrogen (secondary N) is 1. The molecule has 0 aliphatic carbocycles. The van der Waals surface area contributed by atoms with Crippen LogP contribution in [-0.4, -0.2) is 44.4 Å². The summed E-state index contributed by atoms with van der Waals surface area (Å²) in [6.07, 6.45) is 10.6. The fraction of sp³-hybridized carbons (Fsp3) is 0.227. The van der Waals surface area contributed by atoms with Crippen LogP contribution in [0, 0.1) is 6.92 Å². The Morgan fingerprint density at radius 3 is 2.61 bits per heavy atom. The fourth-order valence-electron chi connectivity index (χ4n) is 3.31. The van der Waals surface area contributed by atoms with E-state index in [0.717, 1.165) is 40.2 Å². The Balaban J connectivity index is 1.91. The number of aryl methyl sites for hydroxylation is 1. The van der Waals surface area contributed by atoms with E-state index in [-0.39, 0.29) is 0 Å². The van der Waals surface area contributed by atoms with Crippen LogP contribution in [0.5, 0.6) is 11.5 Å². The van der Waals surface area contributed by atoms with Crippen LogP contribution in [0.25, 0.3) is 17.7 Å². The number of nitrogens with zero attached hydrogens (tertiary/aromatic N) is 1. The molecule has 142 valence electrons. The quantitative estimate of drug-likeness (QED) is 0.731. The van der Waals surface area contributed by atoms with Gasteiger partial charge in [-0.15, -0.1) is 0 Å². The van der Waals surface area contributed by atoms with Crippen LogP contribution in [0.4, 0.5) is 0 Å². The summed E-state index contributed by atoms with van der Waals surface area (Å²) in [7, 11) is 9.32. The molecule has 0 amide bonds. The van der Waals surface area contributed by atoms with Gasteiger partial charge in [0.1, 0.15) is 6.21 Å². The molecule has 0 bridgehead atoms. The predicted octanol–water partition coefficient (Wildman–Crippen LogP) is 3.31. The molecule has 5 nitrogen and oxygen atoms in total. The van der Waals surface area contributed by atoms with E-state index < -0.39 is 0 Å². The zero-order valence-corrected chi connectivity index (χ0v) is 16.5. The highest BCUT2D eigenvalue weighted by Crippen LogP contribution is 2.29. The lowest BCUT2D eigenvalue weighted by Gasteiger charge is -2.08. The first-order chi connectivity index (χ1) is 13.6. The summed E-state index contributed by atoms with van der Waals surface area (Å²) in [6.45, 7) is 2.63. The average Bonchev–Trinajstić information content (AvgIpc) is 3.29. The smallest absolute Gasteiger partial charge is 0.493 e. The first-order valence-electron chi connectivity index (χ1n) is 9.16. The van der Waals surface area contributed by atoms with E-state index in [0.29, 0.717) is 18.0 Å². The average molecular weight is 374 g/mol. The Morgan fingerprint density at radius 2 is 1.96 bits per heavy atom. The normalized spacial score (nSPS) is 15.2. The van der Waals surface area contributed by atoms with Crippen LogP contribution in [0.15, 0.2) is 42.1 Å². The van der Waals surface area contributed by atoms with Gasteiger partial charge < -0.3 is 20.2 Å². The Kier molecular flexibility index (Phi) is 6.21. The number of methoxy groups -OCH3 is 2. The van der Waals surface area contributed by atoms with E-state index in [2.05, 4.69) is 18.0 Å². The molecule has 1 aliphatic heterocycles. The second-order valence-corrected chi connectivity index (χ2v) is 6.55. The maximum absolute atomic E-state index is 6.06. The second-order valence-electron chi connectivity index (χ2n) is 6.55. The topological polar surface area (TPSA) is 63.3 Å². The van der Waals surface area contributed by atoms with E-state index in [1.54, 1.807) is 18.7 Å². The number of nitrogens with two attached hydrogens (primary N) is 1. The third kappa shape index (κ3) is 4.12. The first kappa shape index (κ1) is 19.8. The molecule has 3 N–H and O–H groups in total. The molecule has 1 aromatic carbocycles. The van der Waals surface area contributed by atoms with Gasteiger partial charge in [-0.1, -0.05) is 12.1 Å². The number of hydrogen-bond acceptors (Lipinski definition) is 3. The number of benzene rings is 1. The molecule has 2 aromatic rings. The Morgan fingerprint density at radius 1 is 1.18 bits per heavy atom. The number of H-pyrrole nitrogens is 1. The standard InChI is InChI=1S/C22H25BN3O2/c1-15-13-17(8-6-16-7-9-20(27-2)21(14-16)28-3)25-22(15)18(10-11-24)19-5-4-12-26(19)23/h4-9,12-14,25H,10-11,24H2,1-3H3/q+1/b8-6+. The molecule has 0 atom stereocenters. The number of rotatable bonds is 7. The van der Waals surface area contributed by atoms with E-state index in [1.807, 2.05) is 48.7 Å². The van der Waals surface area contributed by atoms with Crippen molar-refractivity contribution in [3.63, 3.8) is 0 Å². The minimum absolute atomic E-state index is 0.551. The molecule has 0 spiro atoms. The lowest BCUT2D eigenvalue weighted by molar-refractivity contribution is -0.294. The molecule has 0 saturated heterocycles. The summed E-state index contributed by atoms with van der Waals surface area (Å²) in [5, 5.41) is 0. The minimum atomic E-state index is 0.551. The van der Waals surface area contributed by atoms with Crippen molar-refractivity contribution < 1.29 is 14.0 Å². The lowest BCUT2D eigenvalue weighted by Crippen LogP contribution is -2.09. The summed E-state index contributed by atoms with van der Waals surface area (Å²) in [5.41, 5.74) is 12.2. The summed E-state index contributed by atoms with van der Waals surface area (Å²) in [4.78, 5) is 3.50. The highest BCUT2D eigenvalue weighted by Gasteiger charge is 2.20. The molecular weight excluding hydrogens is 349 g/mol. The van der Waals surface area contributed by atoms with Crippen molar-refractivity contribution in [2.45, 2.75) is 13.3 Å². The Bertz CT molecular complexity index is 984. The number of hydrogen-bond donors (Lipinski definition) is 2. The maximum Gasteiger partial charge on any atom is 0.586 e. The highest BCUT2D eigenvalue weighted by molar-refractivity contribution is 6.01. The van der Waals surface area contributed by atoms with E-state index in [9.17, 15) is 0 Å². The van der Waals surface area contributed by atoms with E-state index >= 15 is 0 Å². The van der Waals surface area contributed by atoms with Crippen LogP contribution in [-0.2, 0) is 0 Å². The van der Waals surface area contributed by atoms with Gasteiger partial charge in [0.2, 0.25) is 0 Å². The van der Waals surface area contributed by atoms with Crippen molar-refractivity contribution >= 4 is 31.9 Å². The molecule has 1 aromatic heterocycles. The monoisotopic (exact) mass is 374 g/mol. The molecular formula is C22H25BN3O2+. The van der Waals surface area contributed by atoms with Crippen molar-refractivity contribution in [1.82, 2.24) is 4.98 Å². The number of aromatic nitrogens is 1. The molecule has 0 fully saturated rings. The summed E-state index contributed by atoms with van der Waals surface area (Å²) in [5.74, 6) is 1.42. The zero-order valence-electron chi connectivity index (χ0n) is 16.5. The molecule has 0 saturated carbocycles. The Labute approximate surface area is 167 Å². The highest BCUT2D eigenvalue weighted by atomic mass is 16.5. The van der Waals surface area contributed by atoms with Crippen molar-refractivity contribution in [1.29, 1.82) is 0 Å². The van der Waals surface area contributed by atoms with Crippen LogP contribution in [0.3, 0.4) is 0 Å². The Hall–Kier alpha value is -2.99. The van der Waals surface area contributed by atoms with Crippen LogP contribution in [0.2, 0.25) is 0 Å². The maximum atomic E-state index is 6.06. The molecule has 6 heteroatoms. The van der Waals surface area contributed by atoms with Gasteiger partial charge in [-0.2, -0.15) is 0 Å². The van der Waals surface area contributed by atoms with Crippen molar-refractivity contribution in [3.8, 4) is 11.5 Å².